The largest absolute Gasteiger partial charge is 0.501 e. The van der Waals surface area contributed by atoms with Gasteiger partial charge in [0.15, 0.2) is 0 Å². The molecule has 0 aromatic heterocycles. The third-order valence-corrected chi connectivity index (χ3v) is 10.1. The van der Waals surface area contributed by atoms with E-state index in [9.17, 15) is 0 Å². The summed E-state index contributed by atoms with van der Waals surface area (Å²) in [7, 11) is 4.41. The van der Waals surface area contributed by atoms with E-state index in [0.29, 0.717) is 25.2 Å². The third-order valence-electron chi connectivity index (χ3n) is 4.74. The lowest BCUT2D eigenvalue weighted by molar-refractivity contribution is 0.123. The highest BCUT2D eigenvalue weighted by atomic mass is 28.4. The number of nitrogens with zero attached hydrogens (tertiary/aromatic N) is 1. The van der Waals surface area contributed by atoms with Crippen LogP contribution in [0, 0.1) is 0 Å². The highest BCUT2D eigenvalue weighted by Crippen LogP contribution is 2.22. The first-order chi connectivity index (χ1) is 13.0. The van der Waals surface area contributed by atoms with Gasteiger partial charge in [-0.1, -0.05) is 24.8 Å². The van der Waals surface area contributed by atoms with Gasteiger partial charge in [-0.25, -0.2) is 0 Å². The van der Waals surface area contributed by atoms with Gasteiger partial charge in [-0.15, -0.1) is 0 Å². The van der Waals surface area contributed by atoms with Crippen molar-refractivity contribution in [1.82, 2.24) is 0 Å². The second-order valence-corrected chi connectivity index (χ2v) is 12.1. The lowest BCUT2D eigenvalue weighted by Crippen LogP contribution is -2.48. The average molecular weight is 416 g/mol. The van der Waals surface area contributed by atoms with E-state index in [4.69, 9.17) is 26.6 Å². The molecular formula is C18H33NO6Si2. The molecule has 0 fully saturated rings. The summed E-state index contributed by atoms with van der Waals surface area (Å²) < 4.78 is 33.3. The van der Waals surface area contributed by atoms with Gasteiger partial charge in [0.1, 0.15) is 0 Å². The van der Waals surface area contributed by atoms with E-state index in [1.807, 2.05) is 18.2 Å². The Morgan fingerprint density at radius 1 is 0.741 bits per heavy atom. The minimum Gasteiger partial charge on any atom is -0.377 e. The molecule has 0 atom stereocenters. The first-order valence-electron chi connectivity index (χ1n) is 8.76. The predicted molar refractivity (Wildman–Crippen MR) is 112 cm³/mol. The lowest BCUT2D eigenvalue weighted by Gasteiger charge is -2.32. The molecular weight excluding hydrogens is 382 g/mol. The van der Waals surface area contributed by atoms with E-state index in [1.54, 1.807) is 42.7 Å². The normalized spacial score (nSPS) is 12.2. The minimum absolute atomic E-state index is 0.654. The van der Waals surface area contributed by atoms with E-state index in [2.05, 4.69) is 23.6 Å². The first-order valence-corrected chi connectivity index (χ1v) is 12.6. The Hall–Kier alpha value is -1.05. The quantitative estimate of drug-likeness (QED) is 0.433. The Kier molecular flexibility index (Phi) is 10.4. The Labute approximate surface area is 165 Å². The van der Waals surface area contributed by atoms with Crippen molar-refractivity contribution in [3.05, 3.63) is 36.4 Å². The number of benzene rings is 1. The van der Waals surface area contributed by atoms with Crippen molar-refractivity contribution in [2.75, 3.05) is 60.6 Å². The molecule has 0 amide bonds. The monoisotopic (exact) mass is 415 g/mol. The molecule has 0 aliphatic heterocycles. The summed E-state index contributed by atoms with van der Waals surface area (Å²) in [6.07, 6.45) is 1.82. The molecule has 1 rings (SSSR count). The zero-order valence-electron chi connectivity index (χ0n) is 17.3. The fourth-order valence-corrected chi connectivity index (χ4v) is 6.16. The number of rotatable bonds is 14. The van der Waals surface area contributed by atoms with Crippen LogP contribution < -0.4 is 4.90 Å². The fourth-order valence-electron chi connectivity index (χ4n) is 2.85. The van der Waals surface area contributed by atoms with Crippen LogP contribution in [0.2, 0.25) is 12.1 Å². The molecule has 27 heavy (non-hydrogen) atoms. The molecule has 0 aliphatic carbocycles. The van der Waals surface area contributed by atoms with Gasteiger partial charge >= 0.3 is 17.6 Å². The van der Waals surface area contributed by atoms with Gasteiger partial charge in [0, 0.05) is 73.5 Å². The maximum atomic E-state index is 5.56. The minimum atomic E-state index is -2.67. The SMILES string of the molecule is C=Cc1ccc(N(CC[Si](OC)(OC)OC)CC[Si](OC)(OC)OC)cc1. The Balaban J connectivity index is 2.99. The van der Waals surface area contributed by atoms with Gasteiger partial charge in [-0.05, 0) is 17.7 Å². The number of hydrogen-bond acceptors (Lipinski definition) is 7. The topological polar surface area (TPSA) is 58.6 Å². The van der Waals surface area contributed by atoms with E-state index in [1.165, 1.54) is 0 Å². The molecule has 0 saturated heterocycles. The summed E-state index contributed by atoms with van der Waals surface area (Å²) in [5, 5.41) is 0. The molecule has 0 N–H and O–H groups in total. The molecule has 0 heterocycles. The molecule has 0 unspecified atom stereocenters. The van der Waals surface area contributed by atoms with Gasteiger partial charge in [-0.2, -0.15) is 0 Å². The van der Waals surface area contributed by atoms with Crippen molar-refractivity contribution < 1.29 is 26.6 Å². The molecule has 154 valence electrons. The lowest BCUT2D eigenvalue weighted by atomic mass is 10.2. The van der Waals surface area contributed by atoms with Crippen LogP contribution in [-0.4, -0.2) is 73.4 Å². The molecule has 0 bridgehead atoms. The Morgan fingerprint density at radius 2 is 1.11 bits per heavy atom. The van der Waals surface area contributed by atoms with Gasteiger partial charge in [0.05, 0.1) is 0 Å². The molecule has 1 aromatic rings. The standard InChI is InChI=1S/C18H33NO6Si2/c1-8-17-9-11-18(12-10-17)19(13-15-26(20-2,21-3)22-4)14-16-27(23-5,24-6)25-7/h8-12H,1,13-16H2,2-7H3. The summed E-state index contributed by atoms with van der Waals surface area (Å²) >= 11 is 0. The molecule has 0 spiro atoms. The van der Waals surface area contributed by atoms with Crippen LogP contribution in [0.25, 0.3) is 6.08 Å². The molecule has 7 nitrogen and oxygen atoms in total. The summed E-state index contributed by atoms with van der Waals surface area (Å²) in [5.74, 6) is 0. The zero-order chi connectivity index (χ0) is 20.3. The first kappa shape index (κ1) is 24.0. The summed E-state index contributed by atoms with van der Waals surface area (Å²) in [6.45, 7) is 5.22. The van der Waals surface area contributed by atoms with Crippen LogP contribution in [0.4, 0.5) is 5.69 Å². The molecule has 1 aromatic carbocycles. The summed E-state index contributed by atoms with van der Waals surface area (Å²) in [6, 6.07) is 9.53. The van der Waals surface area contributed by atoms with E-state index >= 15 is 0 Å². The molecule has 9 heteroatoms. The average Bonchev–Trinajstić information content (AvgIpc) is 2.74. The van der Waals surface area contributed by atoms with Crippen molar-refractivity contribution in [3.8, 4) is 0 Å². The highest BCUT2D eigenvalue weighted by Gasteiger charge is 2.40. The maximum Gasteiger partial charge on any atom is 0.501 e. The second kappa shape index (κ2) is 11.7. The number of hydrogen-bond donors (Lipinski definition) is 0. The maximum absolute atomic E-state index is 5.56. The summed E-state index contributed by atoms with van der Waals surface area (Å²) in [5.41, 5.74) is 2.15. The smallest absolute Gasteiger partial charge is 0.377 e. The Bertz CT molecular complexity index is 509. The highest BCUT2D eigenvalue weighted by molar-refractivity contribution is 6.61. The van der Waals surface area contributed by atoms with E-state index in [-0.39, 0.29) is 0 Å². The molecule has 0 saturated carbocycles. The molecule has 0 aliphatic rings. The van der Waals surface area contributed by atoms with Crippen LogP contribution in [0.3, 0.4) is 0 Å². The molecule has 0 radical (unpaired) electrons. The fraction of sp³-hybridized carbons (Fsp3) is 0.556. The van der Waals surface area contributed by atoms with Crippen LogP contribution in [0.1, 0.15) is 5.56 Å². The van der Waals surface area contributed by atoms with Crippen molar-refractivity contribution in [2.45, 2.75) is 12.1 Å². The number of anilines is 1. The Morgan fingerprint density at radius 3 is 1.41 bits per heavy atom. The van der Waals surface area contributed by atoms with Crippen LogP contribution in [0.5, 0.6) is 0 Å². The van der Waals surface area contributed by atoms with E-state index in [0.717, 1.165) is 11.3 Å². The zero-order valence-corrected chi connectivity index (χ0v) is 19.3. The van der Waals surface area contributed by atoms with Crippen molar-refractivity contribution in [1.29, 1.82) is 0 Å². The summed E-state index contributed by atoms with van der Waals surface area (Å²) in [4.78, 5) is 2.24. The second-order valence-electron chi connectivity index (χ2n) is 5.87. The van der Waals surface area contributed by atoms with Crippen LogP contribution in [0.15, 0.2) is 30.8 Å². The third kappa shape index (κ3) is 6.51. The van der Waals surface area contributed by atoms with Gasteiger partial charge < -0.3 is 31.5 Å². The van der Waals surface area contributed by atoms with Crippen molar-refractivity contribution >= 4 is 29.4 Å². The van der Waals surface area contributed by atoms with E-state index < -0.39 is 17.6 Å². The van der Waals surface area contributed by atoms with Gasteiger partial charge in [-0.3, -0.25) is 0 Å². The van der Waals surface area contributed by atoms with Crippen molar-refractivity contribution in [3.63, 3.8) is 0 Å². The van der Waals surface area contributed by atoms with Crippen molar-refractivity contribution in [2.24, 2.45) is 0 Å². The van der Waals surface area contributed by atoms with Gasteiger partial charge in [0.25, 0.3) is 0 Å². The van der Waals surface area contributed by atoms with Gasteiger partial charge in [0.2, 0.25) is 0 Å². The van der Waals surface area contributed by atoms with Crippen LogP contribution >= 0.6 is 0 Å². The van der Waals surface area contributed by atoms with Crippen LogP contribution in [-0.2, 0) is 26.6 Å². The predicted octanol–water partition coefficient (Wildman–Crippen LogP) is 2.89.